The maximum atomic E-state index is 12.2. The van der Waals surface area contributed by atoms with Crippen molar-refractivity contribution in [2.24, 2.45) is 0 Å². The molecule has 1 N–H and O–H groups in total. The van der Waals surface area contributed by atoms with Crippen LogP contribution in [0.3, 0.4) is 0 Å². The van der Waals surface area contributed by atoms with E-state index in [0.717, 1.165) is 47.8 Å². The summed E-state index contributed by atoms with van der Waals surface area (Å²) in [5.41, 5.74) is 0.889. The minimum absolute atomic E-state index is 0.296. The number of hydrogen-bond donors (Lipinski definition) is 1. The Labute approximate surface area is 151 Å². The van der Waals surface area contributed by atoms with E-state index in [0.29, 0.717) is 18.0 Å². The van der Waals surface area contributed by atoms with E-state index in [2.05, 4.69) is 19.8 Å². The van der Waals surface area contributed by atoms with Crippen LogP contribution in [-0.2, 0) is 4.74 Å². The molecule has 0 amide bonds. The summed E-state index contributed by atoms with van der Waals surface area (Å²) in [5.74, 6) is 0.585. The molecule has 3 rings (SSSR count). The van der Waals surface area contributed by atoms with E-state index in [1.807, 2.05) is 13.8 Å². The summed E-state index contributed by atoms with van der Waals surface area (Å²) in [7, 11) is 0. The molecule has 0 aromatic carbocycles. The fraction of sp³-hybridized carbons (Fsp3) is 0.588. The minimum Gasteiger partial charge on any atom is -0.462 e. The van der Waals surface area contributed by atoms with Gasteiger partial charge in [-0.1, -0.05) is 0 Å². The highest BCUT2D eigenvalue weighted by molar-refractivity contribution is 7.20. The zero-order valence-electron chi connectivity index (χ0n) is 14.9. The van der Waals surface area contributed by atoms with Gasteiger partial charge < -0.3 is 14.7 Å². The summed E-state index contributed by atoms with van der Waals surface area (Å²) in [6.07, 6.45) is 1.24. The Morgan fingerprint density at radius 3 is 2.72 bits per heavy atom. The van der Waals surface area contributed by atoms with E-state index in [4.69, 9.17) is 4.74 Å². The smallest absolute Gasteiger partial charge is 0.348 e. The Morgan fingerprint density at radius 2 is 2.08 bits per heavy atom. The Balaban J connectivity index is 1.86. The van der Waals surface area contributed by atoms with Gasteiger partial charge in [0.1, 0.15) is 21.9 Å². The minimum atomic E-state index is -0.316. The van der Waals surface area contributed by atoms with Crippen LogP contribution in [-0.4, -0.2) is 71.4 Å². The van der Waals surface area contributed by atoms with Crippen LogP contribution >= 0.6 is 11.3 Å². The highest BCUT2D eigenvalue weighted by atomic mass is 32.1. The Hall–Kier alpha value is -1.77. The fourth-order valence-corrected chi connectivity index (χ4v) is 4.24. The molecule has 25 heavy (non-hydrogen) atoms. The summed E-state index contributed by atoms with van der Waals surface area (Å²) < 4.78 is 5.15. The van der Waals surface area contributed by atoms with Crippen LogP contribution in [0.1, 0.15) is 29.1 Å². The van der Waals surface area contributed by atoms with Crippen molar-refractivity contribution in [3.63, 3.8) is 0 Å². The summed E-state index contributed by atoms with van der Waals surface area (Å²) in [6.45, 7) is 10.0. The SMILES string of the molecule is CCOC(=O)c1sc2ncnc(N3CCN(C[C@@H](C)O)CC3)c2c1C. The van der Waals surface area contributed by atoms with Crippen molar-refractivity contribution in [2.75, 3.05) is 44.2 Å². The number of carbonyl (C=O) groups excluding carboxylic acids is 1. The molecule has 0 saturated carbocycles. The number of thiophene rings is 1. The zero-order chi connectivity index (χ0) is 18.0. The van der Waals surface area contributed by atoms with Crippen LogP contribution in [0, 0.1) is 6.92 Å². The van der Waals surface area contributed by atoms with E-state index in [9.17, 15) is 9.90 Å². The van der Waals surface area contributed by atoms with Crippen LogP contribution in [0.25, 0.3) is 10.2 Å². The van der Waals surface area contributed by atoms with Crippen molar-refractivity contribution >= 4 is 33.3 Å². The monoisotopic (exact) mass is 364 g/mol. The zero-order valence-corrected chi connectivity index (χ0v) is 15.7. The molecule has 136 valence electrons. The Morgan fingerprint density at radius 1 is 1.36 bits per heavy atom. The molecular weight excluding hydrogens is 340 g/mol. The number of carbonyl (C=O) groups is 1. The molecule has 2 aromatic heterocycles. The van der Waals surface area contributed by atoms with Crippen molar-refractivity contribution in [1.82, 2.24) is 14.9 Å². The normalized spacial score (nSPS) is 17.0. The lowest BCUT2D eigenvalue weighted by Crippen LogP contribution is -2.48. The number of aliphatic hydroxyl groups is 1. The second-order valence-corrected chi connectivity index (χ2v) is 7.29. The van der Waals surface area contributed by atoms with Crippen molar-refractivity contribution < 1.29 is 14.6 Å². The number of rotatable bonds is 5. The van der Waals surface area contributed by atoms with E-state index >= 15 is 0 Å². The van der Waals surface area contributed by atoms with Crippen molar-refractivity contribution in [3.8, 4) is 0 Å². The van der Waals surface area contributed by atoms with Crippen molar-refractivity contribution in [1.29, 1.82) is 0 Å². The van der Waals surface area contributed by atoms with Crippen molar-refractivity contribution in [2.45, 2.75) is 26.9 Å². The van der Waals surface area contributed by atoms with Crippen LogP contribution in [0.5, 0.6) is 0 Å². The lowest BCUT2D eigenvalue weighted by Gasteiger charge is -2.36. The van der Waals surface area contributed by atoms with E-state index in [1.165, 1.54) is 11.3 Å². The second kappa shape index (κ2) is 7.63. The second-order valence-electron chi connectivity index (χ2n) is 6.29. The van der Waals surface area contributed by atoms with Gasteiger partial charge in [0.2, 0.25) is 0 Å². The lowest BCUT2D eigenvalue weighted by atomic mass is 10.2. The molecule has 0 radical (unpaired) electrons. The molecule has 1 atom stereocenters. The van der Waals surface area contributed by atoms with Gasteiger partial charge in [-0.3, -0.25) is 4.90 Å². The average Bonchev–Trinajstić information content (AvgIpc) is 2.93. The fourth-order valence-electron chi connectivity index (χ4n) is 3.20. The number of anilines is 1. The summed E-state index contributed by atoms with van der Waals surface area (Å²) in [4.78, 5) is 26.9. The van der Waals surface area contributed by atoms with E-state index < -0.39 is 0 Å². The van der Waals surface area contributed by atoms with Crippen LogP contribution in [0.2, 0.25) is 0 Å². The number of aryl methyl sites for hydroxylation is 1. The standard InChI is InChI=1S/C17H24N4O3S/c1-4-24-17(23)14-12(3)13-15(18-10-19-16(13)25-14)21-7-5-20(6-8-21)9-11(2)22/h10-11,22H,4-9H2,1-3H3/t11-/m1/s1. The Bertz CT molecular complexity index is 754. The molecule has 2 aromatic rings. The number of hydrogen-bond acceptors (Lipinski definition) is 8. The maximum absolute atomic E-state index is 12.2. The molecule has 0 spiro atoms. The van der Waals surface area contributed by atoms with Gasteiger partial charge in [-0.05, 0) is 26.3 Å². The van der Waals surface area contributed by atoms with Gasteiger partial charge >= 0.3 is 5.97 Å². The molecule has 1 aliphatic heterocycles. The number of fused-ring (bicyclic) bond motifs is 1. The van der Waals surface area contributed by atoms with Crippen LogP contribution in [0.15, 0.2) is 6.33 Å². The van der Waals surface area contributed by atoms with Gasteiger partial charge in [-0.25, -0.2) is 14.8 Å². The largest absolute Gasteiger partial charge is 0.462 e. The highest BCUT2D eigenvalue weighted by Crippen LogP contribution is 2.35. The first-order chi connectivity index (χ1) is 12.0. The third-order valence-electron chi connectivity index (χ3n) is 4.36. The van der Waals surface area contributed by atoms with Gasteiger partial charge in [0.15, 0.2) is 0 Å². The maximum Gasteiger partial charge on any atom is 0.348 e. The molecular formula is C17H24N4O3S. The number of aromatic nitrogens is 2. The predicted octanol–water partition coefficient (Wildman–Crippen LogP) is 1.68. The number of β-amino-alcohol motifs (C(OH)–C–C–N with tert-alkyl or cyclic N) is 1. The quantitative estimate of drug-likeness (QED) is 0.809. The molecule has 7 nitrogen and oxygen atoms in total. The van der Waals surface area contributed by atoms with Gasteiger partial charge in [0.25, 0.3) is 0 Å². The van der Waals surface area contributed by atoms with Gasteiger partial charge in [-0.15, -0.1) is 11.3 Å². The molecule has 8 heteroatoms. The van der Waals surface area contributed by atoms with Crippen molar-refractivity contribution in [3.05, 3.63) is 16.8 Å². The van der Waals surface area contributed by atoms with Crippen LogP contribution < -0.4 is 4.90 Å². The first kappa shape index (κ1) is 18.0. The summed E-state index contributed by atoms with van der Waals surface area (Å²) in [6, 6.07) is 0. The molecule has 0 aliphatic carbocycles. The molecule has 0 unspecified atom stereocenters. The number of nitrogens with zero attached hydrogens (tertiary/aromatic N) is 4. The molecule has 1 saturated heterocycles. The first-order valence-electron chi connectivity index (χ1n) is 8.57. The highest BCUT2D eigenvalue weighted by Gasteiger charge is 2.25. The first-order valence-corrected chi connectivity index (χ1v) is 9.39. The van der Waals surface area contributed by atoms with E-state index in [-0.39, 0.29) is 12.1 Å². The number of esters is 1. The number of ether oxygens (including phenoxy) is 1. The molecule has 1 fully saturated rings. The van der Waals surface area contributed by atoms with Crippen LogP contribution in [0.4, 0.5) is 5.82 Å². The topological polar surface area (TPSA) is 78.8 Å². The third kappa shape index (κ3) is 3.75. The third-order valence-corrected chi connectivity index (χ3v) is 5.54. The molecule has 1 aliphatic rings. The Kier molecular flexibility index (Phi) is 5.51. The average molecular weight is 364 g/mol. The van der Waals surface area contributed by atoms with Gasteiger partial charge in [-0.2, -0.15) is 0 Å². The van der Waals surface area contributed by atoms with E-state index in [1.54, 1.807) is 13.3 Å². The summed E-state index contributed by atoms with van der Waals surface area (Å²) >= 11 is 1.36. The van der Waals surface area contributed by atoms with Gasteiger partial charge in [0.05, 0.1) is 18.1 Å². The predicted molar refractivity (Wildman–Crippen MR) is 98.4 cm³/mol. The number of piperazine rings is 1. The number of aliphatic hydroxyl groups excluding tert-OH is 1. The lowest BCUT2D eigenvalue weighted by molar-refractivity contribution is 0.0531. The summed E-state index contributed by atoms with van der Waals surface area (Å²) in [5, 5.41) is 10.5. The molecule has 0 bridgehead atoms. The van der Waals surface area contributed by atoms with Gasteiger partial charge in [0, 0.05) is 32.7 Å². The molecule has 3 heterocycles.